The zero-order valence-corrected chi connectivity index (χ0v) is 45.2. The third-order valence-electron chi connectivity index (χ3n) is 11.7. The number of hydrogen-bond acceptors (Lipinski definition) is 6. The van der Waals surface area contributed by atoms with E-state index in [1.165, 1.54) is 103 Å². The molecule has 6 nitrogen and oxygen atoms in total. The average Bonchev–Trinajstić information content (AvgIpc) is 3.36. The van der Waals surface area contributed by atoms with Crippen LogP contribution in [0.4, 0.5) is 0 Å². The summed E-state index contributed by atoms with van der Waals surface area (Å²) in [5, 5.41) is 0. The van der Waals surface area contributed by atoms with Crippen LogP contribution in [0, 0.1) is 0 Å². The summed E-state index contributed by atoms with van der Waals surface area (Å²) < 4.78 is 16.8. The fourth-order valence-electron chi connectivity index (χ4n) is 7.50. The van der Waals surface area contributed by atoms with E-state index in [2.05, 4.69) is 136 Å². The number of rotatable bonds is 50. The fourth-order valence-corrected chi connectivity index (χ4v) is 7.50. The molecule has 0 saturated heterocycles. The number of hydrogen-bond donors (Lipinski definition) is 0. The van der Waals surface area contributed by atoms with Crippen molar-refractivity contribution in [2.45, 2.75) is 252 Å². The topological polar surface area (TPSA) is 78.9 Å². The van der Waals surface area contributed by atoms with Crippen LogP contribution in [-0.2, 0) is 28.6 Å². The van der Waals surface area contributed by atoms with Crippen molar-refractivity contribution < 1.29 is 28.6 Å². The molecule has 0 aromatic heterocycles. The van der Waals surface area contributed by atoms with Crippen molar-refractivity contribution >= 4 is 17.9 Å². The van der Waals surface area contributed by atoms with Gasteiger partial charge < -0.3 is 14.2 Å². The Kier molecular flexibility index (Phi) is 54.0. The Bertz CT molecular complexity index is 1490. The van der Waals surface area contributed by atoms with Crippen LogP contribution in [0.15, 0.2) is 122 Å². The first kappa shape index (κ1) is 65.8. The molecule has 0 amide bonds. The van der Waals surface area contributed by atoms with Gasteiger partial charge in [-0.25, -0.2) is 0 Å². The van der Waals surface area contributed by atoms with Gasteiger partial charge in [0.15, 0.2) is 6.10 Å². The second kappa shape index (κ2) is 57.4. The summed E-state index contributed by atoms with van der Waals surface area (Å²) in [6.07, 6.45) is 79.1. The minimum Gasteiger partial charge on any atom is -0.462 e. The molecule has 0 N–H and O–H groups in total. The van der Waals surface area contributed by atoms with Gasteiger partial charge in [-0.15, -0.1) is 0 Å². The molecule has 70 heavy (non-hydrogen) atoms. The first-order chi connectivity index (χ1) is 34.5. The Morgan fingerprint density at radius 2 is 0.629 bits per heavy atom. The van der Waals surface area contributed by atoms with Gasteiger partial charge in [0.25, 0.3) is 0 Å². The first-order valence-electron chi connectivity index (χ1n) is 28.6. The Morgan fingerprint density at radius 3 is 1.04 bits per heavy atom. The summed E-state index contributed by atoms with van der Waals surface area (Å²) in [7, 11) is 0. The third-order valence-corrected chi connectivity index (χ3v) is 11.7. The Hall–Kier alpha value is -4.19. The van der Waals surface area contributed by atoms with Gasteiger partial charge in [0.1, 0.15) is 13.2 Å². The summed E-state index contributed by atoms with van der Waals surface area (Å²) in [6, 6.07) is 0. The van der Waals surface area contributed by atoms with Crippen molar-refractivity contribution in [2.24, 2.45) is 0 Å². The van der Waals surface area contributed by atoms with Gasteiger partial charge in [-0.2, -0.15) is 0 Å². The van der Waals surface area contributed by atoms with Crippen LogP contribution in [-0.4, -0.2) is 37.2 Å². The molecular formula is C64H104O6. The van der Waals surface area contributed by atoms with E-state index in [1.807, 2.05) is 6.08 Å². The number of carbonyl (C=O) groups is 3. The van der Waals surface area contributed by atoms with Crippen LogP contribution in [0.3, 0.4) is 0 Å². The van der Waals surface area contributed by atoms with E-state index >= 15 is 0 Å². The standard InChI is InChI=1S/C64H104O6/c1-4-7-10-13-16-19-22-25-28-30-32-34-36-39-42-45-48-51-54-57-63(66)69-60-61(59-68-62(65)56-53-50-47-44-41-38-27-24-21-18-15-12-9-6-3)70-64(67)58-55-52-49-46-43-40-37-35-33-31-29-26-23-20-17-14-11-8-5-2/h7,9-10,12,16-21,23,25-26,28,32,34,39,42,48,51,61H,4-6,8,11,13-15,22,24,27,29-31,33,35-38,40-41,43-47,49-50,52-60H2,1-3H3/b10-7-,12-9-,19-16-,20-17-,21-18-,26-23-,28-25-,34-32-,42-39-,51-48-. The maximum Gasteiger partial charge on any atom is 0.306 e. The van der Waals surface area contributed by atoms with Crippen molar-refractivity contribution in [3.05, 3.63) is 122 Å². The molecule has 0 aromatic rings. The normalized spacial score (nSPS) is 13.0. The molecule has 0 radical (unpaired) electrons. The minimum absolute atomic E-state index is 0.110. The van der Waals surface area contributed by atoms with Gasteiger partial charge >= 0.3 is 17.9 Å². The van der Waals surface area contributed by atoms with Crippen molar-refractivity contribution in [3.8, 4) is 0 Å². The highest BCUT2D eigenvalue weighted by atomic mass is 16.6. The zero-order chi connectivity index (χ0) is 50.7. The van der Waals surface area contributed by atoms with E-state index in [0.29, 0.717) is 19.3 Å². The average molecular weight is 970 g/mol. The van der Waals surface area contributed by atoms with Crippen LogP contribution in [0.2, 0.25) is 0 Å². The second-order valence-electron chi connectivity index (χ2n) is 18.5. The number of allylic oxidation sites excluding steroid dienone is 20. The van der Waals surface area contributed by atoms with E-state index in [4.69, 9.17) is 14.2 Å². The van der Waals surface area contributed by atoms with E-state index in [-0.39, 0.29) is 37.5 Å². The van der Waals surface area contributed by atoms with Crippen LogP contribution >= 0.6 is 0 Å². The molecule has 6 heteroatoms. The van der Waals surface area contributed by atoms with Gasteiger partial charge in [-0.3, -0.25) is 14.4 Å². The Balaban J connectivity index is 4.51. The summed E-state index contributed by atoms with van der Waals surface area (Å²) in [5.74, 6) is -1.01. The summed E-state index contributed by atoms with van der Waals surface area (Å²) in [5.41, 5.74) is 0. The summed E-state index contributed by atoms with van der Waals surface area (Å²) >= 11 is 0. The van der Waals surface area contributed by atoms with Gasteiger partial charge in [0, 0.05) is 19.3 Å². The Morgan fingerprint density at radius 1 is 0.314 bits per heavy atom. The monoisotopic (exact) mass is 969 g/mol. The molecule has 0 aliphatic heterocycles. The molecule has 0 heterocycles. The molecule has 0 aliphatic carbocycles. The van der Waals surface area contributed by atoms with Crippen LogP contribution in [0.5, 0.6) is 0 Å². The number of unbranched alkanes of at least 4 members (excludes halogenated alkanes) is 20. The van der Waals surface area contributed by atoms with Crippen LogP contribution < -0.4 is 0 Å². The molecule has 0 fully saturated rings. The van der Waals surface area contributed by atoms with Gasteiger partial charge in [0.05, 0.1) is 0 Å². The number of ether oxygens (including phenoxy) is 3. The molecule has 0 rings (SSSR count). The SMILES string of the molecule is CC/C=C\C/C=C\C/C=C\C/C=C\C/C=C\C/C=C\CCC(=O)OCC(COC(=O)CCCCCCCCC/C=C\C/C=C\CC)OC(=O)CCCCCCCCCCCC/C=C\C=C/CCCCC. The number of carbonyl (C=O) groups excluding carboxylic acids is 3. The Labute approximate surface area is 431 Å². The maximum absolute atomic E-state index is 12.9. The van der Waals surface area contributed by atoms with Crippen molar-refractivity contribution in [3.63, 3.8) is 0 Å². The number of esters is 3. The molecule has 1 atom stereocenters. The van der Waals surface area contributed by atoms with Gasteiger partial charge in [-0.1, -0.05) is 239 Å². The zero-order valence-electron chi connectivity index (χ0n) is 45.2. The lowest BCUT2D eigenvalue weighted by molar-refractivity contribution is -0.166. The molecular weight excluding hydrogens is 865 g/mol. The largest absolute Gasteiger partial charge is 0.462 e. The predicted molar refractivity (Wildman–Crippen MR) is 302 cm³/mol. The molecule has 1 unspecified atom stereocenters. The maximum atomic E-state index is 12.9. The van der Waals surface area contributed by atoms with Crippen LogP contribution in [0.1, 0.15) is 245 Å². The van der Waals surface area contributed by atoms with E-state index < -0.39 is 6.10 Å². The first-order valence-corrected chi connectivity index (χ1v) is 28.6. The quantitative estimate of drug-likeness (QED) is 0.0199. The second-order valence-corrected chi connectivity index (χ2v) is 18.5. The van der Waals surface area contributed by atoms with Crippen molar-refractivity contribution in [1.29, 1.82) is 0 Å². The molecule has 0 spiro atoms. The lowest BCUT2D eigenvalue weighted by Crippen LogP contribution is -2.30. The third kappa shape index (κ3) is 54.7. The van der Waals surface area contributed by atoms with E-state index in [1.54, 1.807) is 0 Å². The highest BCUT2D eigenvalue weighted by molar-refractivity contribution is 5.71. The fraction of sp³-hybridized carbons (Fsp3) is 0.641. The van der Waals surface area contributed by atoms with Crippen LogP contribution in [0.25, 0.3) is 0 Å². The molecule has 396 valence electrons. The highest BCUT2D eigenvalue weighted by Gasteiger charge is 2.19. The van der Waals surface area contributed by atoms with Gasteiger partial charge in [0.2, 0.25) is 0 Å². The predicted octanol–water partition coefficient (Wildman–Crippen LogP) is 19.3. The smallest absolute Gasteiger partial charge is 0.306 e. The highest BCUT2D eigenvalue weighted by Crippen LogP contribution is 2.14. The minimum atomic E-state index is -0.817. The van der Waals surface area contributed by atoms with Gasteiger partial charge in [-0.05, 0) is 109 Å². The molecule has 0 aromatic carbocycles. The lowest BCUT2D eigenvalue weighted by atomic mass is 10.1. The van der Waals surface area contributed by atoms with Crippen molar-refractivity contribution in [1.82, 2.24) is 0 Å². The summed E-state index contributed by atoms with van der Waals surface area (Å²) in [4.78, 5) is 38.1. The lowest BCUT2D eigenvalue weighted by Gasteiger charge is -2.18. The van der Waals surface area contributed by atoms with Crippen molar-refractivity contribution in [2.75, 3.05) is 13.2 Å². The van der Waals surface area contributed by atoms with E-state index in [9.17, 15) is 14.4 Å². The van der Waals surface area contributed by atoms with E-state index in [0.717, 1.165) is 96.3 Å². The molecule has 0 saturated carbocycles. The summed E-state index contributed by atoms with van der Waals surface area (Å²) in [6.45, 7) is 6.32. The molecule has 0 bridgehead atoms. The molecule has 0 aliphatic rings.